The first-order valence-corrected chi connectivity index (χ1v) is 8.81. The van der Waals surface area contributed by atoms with Gasteiger partial charge in [-0.15, -0.1) is 10.2 Å². The Morgan fingerprint density at radius 1 is 1.24 bits per heavy atom. The highest BCUT2D eigenvalue weighted by Gasteiger charge is 2.26. The van der Waals surface area contributed by atoms with E-state index >= 15 is 0 Å². The van der Waals surface area contributed by atoms with Gasteiger partial charge in [0.25, 0.3) is 0 Å². The lowest BCUT2D eigenvalue weighted by Gasteiger charge is -2.12. The molecule has 0 fully saturated rings. The normalized spacial score (nSPS) is 16.8. The molecule has 0 unspecified atom stereocenters. The van der Waals surface area contributed by atoms with E-state index in [9.17, 15) is 4.79 Å². The maximum Gasteiger partial charge on any atom is 0.237 e. The number of fused-ring (bicyclic) bond motifs is 1. The largest absolute Gasteiger partial charge is 0.325 e. The van der Waals surface area contributed by atoms with Crippen molar-refractivity contribution in [3.05, 3.63) is 48.4 Å². The molecule has 0 spiro atoms. The molecule has 1 N–H and O–H groups in total. The van der Waals surface area contributed by atoms with Crippen molar-refractivity contribution >= 4 is 23.4 Å². The minimum atomic E-state index is -0.218. The van der Waals surface area contributed by atoms with E-state index in [1.165, 1.54) is 11.8 Å². The number of carbonyl (C=O) groups excluding carboxylic acids is 1. The van der Waals surface area contributed by atoms with Gasteiger partial charge in [0.1, 0.15) is 5.69 Å². The summed E-state index contributed by atoms with van der Waals surface area (Å²) in [6.45, 7) is 0. The Balaban J connectivity index is 1.55. The predicted molar refractivity (Wildman–Crippen MR) is 95.1 cm³/mol. The summed E-state index contributed by atoms with van der Waals surface area (Å²) in [6, 6.07) is 7.92. The summed E-state index contributed by atoms with van der Waals surface area (Å²) in [5.41, 5.74) is 2.72. The van der Waals surface area contributed by atoms with Crippen molar-refractivity contribution in [1.29, 1.82) is 0 Å². The van der Waals surface area contributed by atoms with Crippen LogP contribution in [0.1, 0.15) is 12.0 Å². The van der Waals surface area contributed by atoms with Crippen molar-refractivity contribution in [3.63, 3.8) is 0 Å². The molecule has 1 aliphatic rings. The summed E-state index contributed by atoms with van der Waals surface area (Å²) in [4.78, 5) is 20.9. The molecule has 1 aromatic carbocycles. The molecule has 126 valence electrons. The number of anilines is 1. The van der Waals surface area contributed by atoms with Crippen LogP contribution in [0.15, 0.2) is 48.0 Å². The Morgan fingerprint density at radius 3 is 2.96 bits per heavy atom. The lowest BCUT2D eigenvalue weighted by atomic mass is 10.1. The number of aryl methyl sites for hydroxylation is 1. The summed E-state index contributed by atoms with van der Waals surface area (Å²) >= 11 is 1.43. The molecule has 1 atom stereocenters. The van der Waals surface area contributed by atoms with Crippen LogP contribution in [0, 0.1) is 0 Å². The zero-order valence-corrected chi connectivity index (χ0v) is 14.4. The fourth-order valence-corrected chi connectivity index (χ4v) is 3.77. The number of para-hydroxylation sites is 1. The molecular formula is C17H16N6OS. The standard InChI is InChI=1S/C17H16N6OS/c1-23-15(13-10-18-8-9-19-13)21-22-17(23)25-14-7-6-11-4-2-3-5-12(11)20-16(14)24/h2-5,8-10,14H,6-7H2,1H3,(H,20,24)/t14-/m1/s1. The van der Waals surface area contributed by atoms with E-state index in [4.69, 9.17) is 0 Å². The van der Waals surface area contributed by atoms with Crippen molar-refractivity contribution in [1.82, 2.24) is 24.7 Å². The van der Waals surface area contributed by atoms with Gasteiger partial charge in [0.15, 0.2) is 11.0 Å². The van der Waals surface area contributed by atoms with Gasteiger partial charge in [0.2, 0.25) is 5.91 Å². The fourth-order valence-electron chi connectivity index (χ4n) is 2.79. The first-order chi connectivity index (χ1) is 12.2. The highest BCUT2D eigenvalue weighted by Crippen LogP contribution is 2.31. The second kappa shape index (κ2) is 6.64. The SMILES string of the molecule is Cn1c(S[C@@H]2CCc3ccccc3NC2=O)nnc1-c1cnccn1. The van der Waals surface area contributed by atoms with E-state index < -0.39 is 0 Å². The summed E-state index contributed by atoms with van der Waals surface area (Å²) in [6.07, 6.45) is 6.48. The molecule has 1 amide bonds. The van der Waals surface area contributed by atoms with E-state index in [0.717, 1.165) is 24.1 Å². The number of hydrogen-bond acceptors (Lipinski definition) is 6. The molecule has 0 radical (unpaired) electrons. The molecule has 1 aliphatic heterocycles. The van der Waals surface area contributed by atoms with Crippen LogP contribution in [0.5, 0.6) is 0 Å². The van der Waals surface area contributed by atoms with Gasteiger partial charge in [0, 0.05) is 25.1 Å². The second-order valence-corrected chi connectivity index (χ2v) is 6.92. The van der Waals surface area contributed by atoms with E-state index in [-0.39, 0.29) is 11.2 Å². The van der Waals surface area contributed by atoms with Crippen LogP contribution in [0.25, 0.3) is 11.5 Å². The Morgan fingerprint density at radius 2 is 2.12 bits per heavy atom. The number of aromatic nitrogens is 5. The molecule has 0 saturated heterocycles. The molecule has 3 heterocycles. The van der Waals surface area contributed by atoms with Gasteiger partial charge in [-0.2, -0.15) is 0 Å². The zero-order chi connectivity index (χ0) is 17.2. The van der Waals surface area contributed by atoms with Crippen molar-refractivity contribution < 1.29 is 4.79 Å². The highest BCUT2D eigenvalue weighted by molar-refractivity contribution is 8.00. The number of amides is 1. The second-order valence-electron chi connectivity index (χ2n) is 5.75. The maximum atomic E-state index is 12.6. The third-order valence-corrected chi connectivity index (χ3v) is 5.42. The number of thioether (sulfide) groups is 1. The van der Waals surface area contributed by atoms with Gasteiger partial charge < -0.3 is 9.88 Å². The number of hydrogen-bond donors (Lipinski definition) is 1. The molecule has 0 bridgehead atoms. The molecule has 7 nitrogen and oxygen atoms in total. The topological polar surface area (TPSA) is 85.6 Å². The van der Waals surface area contributed by atoms with E-state index in [1.807, 2.05) is 29.8 Å². The summed E-state index contributed by atoms with van der Waals surface area (Å²) in [5, 5.41) is 11.9. The number of carbonyl (C=O) groups is 1. The van der Waals surface area contributed by atoms with Gasteiger partial charge in [-0.3, -0.25) is 9.78 Å². The van der Waals surface area contributed by atoms with Gasteiger partial charge >= 0.3 is 0 Å². The van der Waals surface area contributed by atoms with Gasteiger partial charge in [-0.05, 0) is 24.5 Å². The monoisotopic (exact) mass is 352 g/mol. The van der Waals surface area contributed by atoms with Crippen LogP contribution in [-0.4, -0.2) is 35.9 Å². The number of nitrogens with one attached hydrogen (secondary N) is 1. The number of benzene rings is 1. The first-order valence-electron chi connectivity index (χ1n) is 7.93. The van der Waals surface area contributed by atoms with E-state index in [0.29, 0.717) is 16.7 Å². The number of rotatable bonds is 3. The Bertz CT molecular complexity index is 911. The first kappa shape index (κ1) is 15.8. The fraction of sp³-hybridized carbons (Fsp3) is 0.235. The lowest BCUT2D eigenvalue weighted by Crippen LogP contribution is -2.24. The molecule has 0 aliphatic carbocycles. The van der Waals surface area contributed by atoms with Crippen LogP contribution in [0.3, 0.4) is 0 Å². The zero-order valence-electron chi connectivity index (χ0n) is 13.6. The molecular weight excluding hydrogens is 336 g/mol. The quantitative estimate of drug-likeness (QED) is 0.778. The van der Waals surface area contributed by atoms with Crippen LogP contribution < -0.4 is 5.32 Å². The maximum absolute atomic E-state index is 12.6. The molecule has 3 aromatic rings. The Labute approximate surface area is 148 Å². The third kappa shape index (κ3) is 3.12. The van der Waals surface area contributed by atoms with E-state index in [2.05, 4.69) is 31.5 Å². The Kier molecular flexibility index (Phi) is 4.19. The average molecular weight is 352 g/mol. The van der Waals surface area contributed by atoms with Crippen LogP contribution in [0.2, 0.25) is 0 Å². The van der Waals surface area contributed by atoms with Crippen molar-refractivity contribution in [3.8, 4) is 11.5 Å². The van der Waals surface area contributed by atoms with Crippen LogP contribution in [0.4, 0.5) is 5.69 Å². The minimum absolute atomic E-state index is 0.000923. The molecule has 2 aromatic heterocycles. The molecule has 4 rings (SSSR count). The molecule has 0 saturated carbocycles. The summed E-state index contributed by atoms with van der Waals surface area (Å²) < 4.78 is 1.85. The van der Waals surface area contributed by atoms with Crippen LogP contribution >= 0.6 is 11.8 Å². The third-order valence-electron chi connectivity index (χ3n) is 4.12. The van der Waals surface area contributed by atoms with Gasteiger partial charge in [-0.1, -0.05) is 30.0 Å². The van der Waals surface area contributed by atoms with Crippen molar-refractivity contribution in [2.24, 2.45) is 7.05 Å². The molecule has 8 heteroatoms. The molecule has 25 heavy (non-hydrogen) atoms. The van der Waals surface area contributed by atoms with Crippen molar-refractivity contribution in [2.45, 2.75) is 23.2 Å². The summed E-state index contributed by atoms with van der Waals surface area (Å²) in [5.74, 6) is 0.631. The Hall–Kier alpha value is -2.74. The van der Waals surface area contributed by atoms with E-state index in [1.54, 1.807) is 18.6 Å². The average Bonchev–Trinajstić information content (AvgIpc) is 2.92. The van der Waals surface area contributed by atoms with Crippen molar-refractivity contribution in [2.75, 3.05) is 5.32 Å². The van der Waals surface area contributed by atoms with Crippen LogP contribution in [-0.2, 0) is 18.3 Å². The van der Waals surface area contributed by atoms with Gasteiger partial charge in [-0.25, -0.2) is 4.98 Å². The lowest BCUT2D eigenvalue weighted by molar-refractivity contribution is -0.115. The number of nitrogens with zero attached hydrogens (tertiary/aromatic N) is 5. The smallest absolute Gasteiger partial charge is 0.237 e. The predicted octanol–water partition coefficient (Wildman–Crippen LogP) is 2.32. The highest BCUT2D eigenvalue weighted by atomic mass is 32.2. The van der Waals surface area contributed by atoms with Gasteiger partial charge in [0.05, 0.1) is 11.4 Å². The minimum Gasteiger partial charge on any atom is -0.325 e. The summed E-state index contributed by atoms with van der Waals surface area (Å²) in [7, 11) is 1.87.